The van der Waals surface area contributed by atoms with Gasteiger partial charge in [-0.25, -0.2) is 0 Å². The van der Waals surface area contributed by atoms with Crippen molar-refractivity contribution < 1.29 is 0 Å². The first kappa shape index (κ1) is 8.67. The van der Waals surface area contributed by atoms with Crippen molar-refractivity contribution in [2.24, 2.45) is 4.99 Å². The zero-order valence-electron chi connectivity index (χ0n) is 6.78. The molecule has 0 aromatic heterocycles. The van der Waals surface area contributed by atoms with Gasteiger partial charge in [-0.05, 0) is 19.3 Å². The van der Waals surface area contributed by atoms with E-state index in [0.717, 1.165) is 6.54 Å². The zero-order valence-corrected chi connectivity index (χ0v) is 6.78. The molecule has 0 aliphatic carbocycles. The molecule has 1 nitrogen and oxygen atoms in total. The Kier molecular flexibility index (Phi) is 5.59. The lowest BCUT2D eigenvalue weighted by molar-refractivity contribution is 0.948. The van der Waals surface area contributed by atoms with E-state index in [-0.39, 0.29) is 0 Å². The third-order valence-electron chi connectivity index (χ3n) is 1.37. The van der Waals surface area contributed by atoms with Crippen molar-refractivity contribution in [3.8, 4) is 0 Å². The van der Waals surface area contributed by atoms with Crippen molar-refractivity contribution in [1.29, 1.82) is 0 Å². The van der Waals surface area contributed by atoms with Gasteiger partial charge in [0.05, 0.1) is 0 Å². The summed E-state index contributed by atoms with van der Waals surface area (Å²) in [4.78, 5) is 4.27. The van der Waals surface area contributed by atoms with E-state index in [1.165, 1.54) is 25.0 Å². The predicted octanol–water partition coefficient (Wildman–Crippen LogP) is 2.66. The fourth-order valence-corrected chi connectivity index (χ4v) is 0.888. The predicted molar refractivity (Wildman–Crippen MR) is 43.2 cm³/mol. The molecule has 9 heavy (non-hydrogen) atoms. The maximum atomic E-state index is 4.27. The fourth-order valence-electron chi connectivity index (χ4n) is 0.888. The molecule has 0 aromatic rings. The lowest BCUT2D eigenvalue weighted by atomic mass is 10.2. The summed E-state index contributed by atoms with van der Waals surface area (Å²) >= 11 is 0. The summed E-state index contributed by atoms with van der Waals surface area (Å²) in [6, 6.07) is 0. The smallest absolute Gasteiger partial charge is 0.0392 e. The Morgan fingerprint density at radius 2 is 2.11 bits per heavy atom. The van der Waals surface area contributed by atoms with Crippen molar-refractivity contribution in [3.05, 3.63) is 0 Å². The van der Waals surface area contributed by atoms with E-state index < -0.39 is 0 Å². The van der Waals surface area contributed by atoms with Crippen LogP contribution in [0.5, 0.6) is 0 Å². The number of aliphatic imine (C=N–C) groups is 1. The van der Waals surface area contributed by atoms with E-state index in [2.05, 4.69) is 11.9 Å². The number of hydrogen-bond donors (Lipinski definition) is 0. The summed E-state index contributed by atoms with van der Waals surface area (Å²) < 4.78 is 0. The van der Waals surface area contributed by atoms with Crippen LogP contribution < -0.4 is 0 Å². The standard InChI is InChI=1S/C6H11N.C2H6/c1-2-6-4-3-5-7-6;1-2/h2-5H2,1H3;1-2H3. The Balaban J connectivity index is 0.000000291. The lowest BCUT2D eigenvalue weighted by Crippen LogP contribution is -1.86. The molecule has 0 spiro atoms. The summed E-state index contributed by atoms with van der Waals surface area (Å²) in [5.74, 6) is 0. The molecule has 0 fully saturated rings. The highest BCUT2D eigenvalue weighted by Crippen LogP contribution is 2.05. The number of hydrogen-bond acceptors (Lipinski definition) is 1. The highest BCUT2D eigenvalue weighted by Gasteiger charge is 2.00. The van der Waals surface area contributed by atoms with Crippen molar-refractivity contribution in [2.45, 2.75) is 40.0 Å². The topological polar surface area (TPSA) is 12.4 Å². The van der Waals surface area contributed by atoms with Gasteiger partial charge in [0.1, 0.15) is 0 Å². The third kappa shape index (κ3) is 3.28. The average Bonchev–Trinajstić information content (AvgIpc) is 2.43. The molecule has 0 saturated heterocycles. The van der Waals surface area contributed by atoms with Crippen molar-refractivity contribution in [1.82, 2.24) is 0 Å². The van der Waals surface area contributed by atoms with Crippen LogP contribution in [0.2, 0.25) is 0 Å². The second-order valence-corrected chi connectivity index (χ2v) is 1.91. The van der Waals surface area contributed by atoms with E-state index >= 15 is 0 Å². The Morgan fingerprint density at radius 1 is 1.44 bits per heavy atom. The molecule has 0 saturated carbocycles. The highest BCUT2D eigenvalue weighted by atomic mass is 14.8. The molecule has 0 N–H and O–H groups in total. The van der Waals surface area contributed by atoms with E-state index in [9.17, 15) is 0 Å². The fraction of sp³-hybridized carbons (Fsp3) is 0.875. The Morgan fingerprint density at radius 3 is 2.33 bits per heavy atom. The van der Waals surface area contributed by atoms with Gasteiger partial charge >= 0.3 is 0 Å². The molecule has 54 valence electrons. The molecule has 0 unspecified atom stereocenters. The Bertz CT molecular complexity index is 84.6. The summed E-state index contributed by atoms with van der Waals surface area (Å²) in [5.41, 5.74) is 1.42. The summed E-state index contributed by atoms with van der Waals surface area (Å²) in [5, 5.41) is 0. The van der Waals surface area contributed by atoms with E-state index in [1.807, 2.05) is 13.8 Å². The molecule has 1 heteroatoms. The van der Waals surface area contributed by atoms with E-state index in [0.29, 0.717) is 0 Å². The van der Waals surface area contributed by atoms with Crippen LogP contribution in [0.15, 0.2) is 4.99 Å². The summed E-state index contributed by atoms with van der Waals surface area (Å²) in [7, 11) is 0. The number of nitrogens with zero attached hydrogens (tertiary/aromatic N) is 1. The zero-order chi connectivity index (χ0) is 7.11. The molecule has 0 radical (unpaired) electrons. The van der Waals surface area contributed by atoms with Crippen LogP contribution in [0, 0.1) is 0 Å². The molecule has 1 rings (SSSR count). The molecule has 0 atom stereocenters. The Labute approximate surface area is 58.2 Å². The molecule has 1 aliphatic rings. The SMILES string of the molecule is CC.CCC1=NCCC1. The number of rotatable bonds is 1. The average molecular weight is 127 g/mol. The maximum Gasteiger partial charge on any atom is 0.0392 e. The second kappa shape index (κ2) is 5.80. The van der Waals surface area contributed by atoms with Crippen LogP contribution in [-0.2, 0) is 0 Å². The van der Waals surface area contributed by atoms with Gasteiger partial charge in [-0.2, -0.15) is 0 Å². The van der Waals surface area contributed by atoms with Crippen LogP contribution >= 0.6 is 0 Å². The maximum absolute atomic E-state index is 4.27. The minimum absolute atomic E-state index is 1.09. The van der Waals surface area contributed by atoms with Gasteiger partial charge in [0.25, 0.3) is 0 Å². The van der Waals surface area contributed by atoms with Crippen LogP contribution in [0.3, 0.4) is 0 Å². The minimum Gasteiger partial charge on any atom is -0.294 e. The van der Waals surface area contributed by atoms with Gasteiger partial charge in [-0.1, -0.05) is 20.8 Å². The van der Waals surface area contributed by atoms with Crippen LogP contribution in [0.4, 0.5) is 0 Å². The molecular weight excluding hydrogens is 110 g/mol. The molecule has 1 aliphatic heterocycles. The van der Waals surface area contributed by atoms with Gasteiger partial charge in [0.15, 0.2) is 0 Å². The molecular formula is C8H17N. The molecule has 0 bridgehead atoms. The van der Waals surface area contributed by atoms with Crippen molar-refractivity contribution in [2.75, 3.05) is 6.54 Å². The largest absolute Gasteiger partial charge is 0.294 e. The van der Waals surface area contributed by atoms with Crippen LogP contribution in [0.1, 0.15) is 40.0 Å². The van der Waals surface area contributed by atoms with Crippen molar-refractivity contribution in [3.63, 3.8) is 0 Å². The van der Waals surface area contributed by atoms with E-state index in [4.69, 9.17) is 0 Å². The van der Waals surface area contributed by atoms with Gasteiger partial charge in [-0.15, -0.1) is 0 Å². The normalized spacial score (nSPS) is 16.1. The van der Waals surface area contributed by atoms with Gasteiger partial charge in [0, 0.05) is 12.3 Å². The third-order valence-corrected chi connectivity index (χ3v) is 1.37. The van der Waals surface area contributed by atoms with Crippen molar-refractivity contribution >= 4 is 5.71 Å². The first-order valence-electron chi connectivity index (χ1n) is 3.95. The van der Waals surface area contributed by atoms with Crippen LogP contribution in [-0.4, -0.2) is 12.3 Å². The van der Waals surface area contributed by atoms with Gasteiger partial charge in [0.2, 0.25) is 0 Å². The minimum atomic E-state index is 1.09. The molecule has 0 amide bonds. The summed E-state index contributed by atoms with van der Waals surface area (Å²) in [6.07, 6.45) is 3.72. The lowest BCUT2D eigenvalue weighted by Gasteiger charge is -1.86. The molecule has 1 heterocycles. The molecule has 0 aromatic carbocycles. The van der Waals surface area contributed by atoms with E-state index in [1.54, 1.807) is 0 Å². The monoisotopic (exact) mass is 127 g/mol. The first-order chi connectivity index (χ1) is 4.43. The second-order valence-electron chi connectivity index (χ2n) is 1.91. The first-order valence-corrected chi connectivity index (χ1v) is 3.95. The van der Waals surface area contributed by atoms with Gasteiger partial charge in [-0.3, -0.25) is 4.99 Å². The van der Waals surface area contributed by atoms with Crippen LogP contribution in [0.25, 0.3) is 0 Å². The van der Waals surface area contributed by atoms with Gasteiger partial charge < -0.3 is 0 Å². The quantitative estimate of drug-likeness (QED) is 0.513. The highest BCUT2D eigenvalue weighted by molar-refractivity contribution is 5.85. The summed E-state index contributed by atoms with van der Waals surface area (Å²) in [6.45, 7) is 7.26. The Hall–Kier alpha value is -0.330.